The fourth-order valence-corrected chi connectivity index (χ4v) is 6.68. The van der Waals surface area contributed by atoms with E-state index in [9.17, 15) is 22.8 Å². The van der Waals surface area contributed by atoms with E-state index in [0.29, 0.717) is 25.9 Å². The molecule has 2 N–H and O–H groups in total. The molecule has 2 aliphatic heterocycles. The van der Waals surface area contributed by atoms with E-state index in [4.69, 9.17) is 4.74 Å². The highest BCUT2D eigenvalue weighted by molar-refractivity contribution is 14.1. The molecule has 0 bridgehead atoms. The highest BCUT2D eigenvalue weighted by atomic mass is 127. The number of sulfonamides is 1. The summed E-state index contributed by atoms with van der Waals surface area (Å²) in [5.41, 5.74) is 0.310. The molecule has 0 aromatic heterocycles. The number of hydrogen-bond acceptors (Lipinski definition) is 6. The van der Waals surface area contributed by atoms with Gasteiger partial charge in [0.1, 0.15) is 5.60 Å². The lowest BCUT2D eigenvalue weighted by Gasteiger charge is -2.39. The third-order valence-electron chi connectivity index (χ3n) is 5.61. The van der Waals surface area contributed by atoms with Crippen LogP contribution in [0.2, 0.25) is 0 Å². The van der Waals surface area contributed by atoms with E-state index < -0.39 is 37.1 Å². The molecule has 3 amide bonds. The molecule has 0 aliphatic carbocycles. The van der Waals surface area contributed by atoms with Crippen molar-refractivity contribution in [2.24, 2.45) is 0 Å². The van der Waals surface area contributed by atoms with Crippen LogP contribution in [-0.2, 0) is 24.3 Å². The smallest absolute Gasteiger partial charge is 0.410 e. The van der Waals surface area contributed by atoms with E-state index in [-0.39, 0.29) is 17.4 Å². The summed E-state index contributed by atoms with van der Waals surface area (Å²) in [7, 11) is -4.09. The third-order valence-corrected chi connectivity index (χ3v) is 9.14. The number of halogens is 1. The molecule has 35 heavy (non-hydrogen) atoms. The minimum absolute atomic E-state index is 0.0263. The summed E-state index contributed by atoms with van der Waals surface area (Å²) < 4.78 is 31.3. The van der Waals surface area contributed by atoms with Gasteiger partial charge < -0.3 is 20.3 Å². The maximum absolute atomic E-state index is 13.3. The van der Waals surface area contributed by atoms with Gasteiger partial charge in [0.15, 0.2) is 3.55 Å². The second-order valence-corrected chi connectivity index (χ2v) is 13.2. The molecular formula is C23H31IN4O6S. The number of carbonyl (C=O) groups is 3. The molecule has 1 aromatic rings. The van der Waals surface area contributed by atoms with E-state index in [1.165, 1.54) is 24.5 Å². The highest BCUT2D eigenvalue weighted by Gasteiger charge is 2.49. The van der Waals surface area contributed by atoms with Crippen LogP contribution in [0.3, 0.4) is 0 Å². The minimum atomic E-state index is -4.09. The maximum atomic E-state index is 13.3. The topological polar surface area (TPSA) is 125 Å². The zero-order chi connectivity index (χ0) is 26.0. The molecule has 3 rings (SSSR count). The standard InChI is InChI=1S/C23H31IN4O6S/c1-16-5-7-18(8-6-16)35(32,33)28-14-11-25-20(30)23(28,24)15-19(29)26-17-9-12-27(13-10-17)21(31)34-22(2,3)4/h5-8,11,14,17H,9-10,12-13,15H2,1-4H3,(H,25,30)(H,26,29)/t23-/m0/s1. The number of amides is 3. The van der Waals surface area contributed by atoms with Crippen LogP contribution >= 0.6 is 22.6 Å². The fourth-order valence-electron chi connectivity index (χ4n) is 3.79. The van der Waals surface area contributed by atoms with Crippen LogP contribution in [0, 0.1) is 6.92 Å². The van der Waals surface area contributed by atoms with E-state index in [2.05, 4.69) is 10.6 Å². The molecule has 1 saturated heterocycles. The van der Waals surface area contributed by atoms with Crippen molar-refractivity contribution in [1.82, 2.24) is 19.8 Å². The fraction of sp³-hybridized carbons (Fsp3) is 0.522. The first-order valence-corrected chi connectivity index (χ1v) is 13.8. The van der Waals surface area contributed by atoms with Crippen molar-refractivity contribution >= 4 is 50.5 Å². The number of likely N-dealkylation sites (tertiary alicyclic amines) is 1. The van der Waals surface area contributed by atoms with Crippen LogP contribution < -0.4 is 10.6 Å². The van der Waals surface area contributed by atoms with Gasteiger partial charge in [-0.15, -0.1) is 0 Å². The van der Waals surface area contributed by atoms with Gasteiger partial charge >= 0.3 is 6.09 Å². The van der Waals surface area contributed by atoms with Gasteiger partial charge in [0, 0.05) is 31.5 Å². The van der Waals surface area contributed by atoms with E-state index in [0.717, 1.165) is 9.87 Å². The monoisotopic (exact) mass is 618 g/mol. The van der Waals surface area contributed by atoms with Gasteiger partial charge in [-0.25, -0.2) is 17.5 Å². The Kier molecular flexibility index (Phi) is 8.04. The number of nitrogens with zero attached hydrogens (tertiary/aromatic N) is 2. The van der Waals surface area contributed by atoms with Gasteiger partial charge in [-0.1, -0.05) is 17.7 Å². The Balaban J connectivity index is 1.67. The molecule has 1 fully saturated rings. The molecule has 0 unspecified atom stereocenters. The largest absolute Gasteiger partial charge is 0.444 e. The number of rotatable bonds is 5. The van der Waals surface area contributed by atoms with E-state index in [1.807, 2.05) is 6.92 Å². The number of ether oxygens (including phenoxy) is 1. The molecule has 1 aromatic carbocycles. The van der Waals surface area contributed by atoms with Gasteiger partial charge in [0.25, 0.3) is 15.9 Å². The molecule has 192 valence electrons. The minimum Gasteiger partial charge on any atom is -0.444 e. The summed E-state index contributed by atoms with van der Waals surface area (Å²) in [5, 5.41) is 5.40. The molecule has 0 saturated carbocycles. The summed E-state index contributed by atoms with van der Waals surface area (Å²) in [6.07, 6.45) is 2.79. The average Bonchev–Trinajstić information content (AvgIpc) is 2.75. The Morgan fingerprint density at radius 3 is 2.37 bits per heavy atom. The van der Waals surface area contributed by atoms with Crippen molar-refractivity contribution in [3.63, 3.8) is 0 Å². The summed E-state index contributed by atoms with van der Waals surface area (Å²) in [6.45, 7) is 8.10. The van der Waals surface area contributed by atoms with Crippen LogP contribution in [0.15, 0.2) is 41.6 Å². The SMILES string of the molecule is Cc1ccc(S(=O)(=O)N2C=CNC(=O)[C@]2(I)CC(=O)NC2CCN(C(=O)OC(C)(C)C)CC2)cc1. The summed E-state index contributed by atoms with van der Waals surface area (Å²) >= 11 is 1.72. The van der Waals surface area contributed by atoms with E-state index >= 15 is 0 Å². The molecule has 1 atom stereocenters. The van der Waals surface area contributed by atoms with Crippen molar-refractivity contribution in [2.45, 2.75) is 67.0 Å². The number of aryl methyl sites for hydroxylation is 1. The summed E-state index contributed by atoms with van der Waals surface area (Å²) in [5.74, 6) is -1.06. The quantitative estimate of drug-likeness (QED) is 0.297. The first kappa shape index (κ1) is 27.2. The number of piperidine rings is 1. The van der Waals surface area contributed by atoms with Gasteiger partial charge in [0.05, 0.1) is 11.3 Å². The lowest BCUT2D eigenvalue weighted by atomic mass is 10.0. The van der Waals surface area contributed by atoms with Gasteiger partial charge in [-0.2, -0.15) is 0 Å². The number of nitrogens with one attached hydrogen (secondary N) is 2. The summed E-state index contributed by atoms with van der Waals surface area (Å²) in [6, 6.07) is 6.09. The number of benzene rings is 1. The van der Waals surface area contributed by atoms with E-state index in [1.54, 1.807) is 60.4 Å². The Morgan fingerprint density at radius 2 is 1.80 bits per heavy atom. The zero-order valence-corrected chi connectivity index (χ0v) is 23.2. The number of alkyl halides is 1. The zero-order valence-electron chi connectivity index (χ0n) is 20.2. The lowest BCUT2D eigenvalue weighted by molar-refractivity contribution is -0.130. The van der Waals surface area contributed by atoms with Crippen LogP contribution in [0.4, 0.5) is 4.79 Å². The van der Waals surface area contributed by atoms with Crippen molar-refractivity contribution < 1.29 is 27.5 Å². The first-order valence-electron chi connectivity index (χ1n) is 11.3. The number of hydrogen-bond donors (Lipinski definition) is 2. The van der Waals surface area contributed by atoms with Crippen LogP contribution in [0.1, 0.15) is 45.6 Å². The van der Waals surface area contributed by atoms with Crippen molar-refractivity contribution in [3.8, 4) is 0 Å². The van der Waals surface area contributed by atoms with Crippen LogP contribution in [0.5, 0.6) is 0 Å². The average molecular weight is 618 g/mol. The molecule has 0 spiro atoms. The normalized spacial score (nSPS) is 21.5. The second-order valence-electron chi connectivity index (χ2n) is 9.65. The Bertz CT molecular complexity index is 1110. The van der Waals surface area contributed by atoms with Gasteiger partial charge in [-0.3, -0.25) is 9.59 Å². The molecular weight excluding hydrogens is 587 g/mol. The van der Waals surface area contributed by atoms with Crippen molar-refractivity contribution in [2.75, 3.05) is 13.1 Å². The predicted molar refractivity (Wildman–Crippen MR) is 138 cm³/mol. The summed E-state index contributed by atoms with van der Waals surface area (Å²) in [4.78, 5) is 39.6. The van der Waals surface area contributed by atoms with Crippen molar-refractivity contribution in [1.29, 1.82) is 0 Å². The Labute approximate surface area is 219 Å². The molecule has 10 nitrogen and oxygen atoms in total. The van der Waals surface area contributed by atoms with Gasteiger partial charge in [0.2, 0.25) is 5.91 Å². The molecule has 2 heterocycles. The van der Waals surface area contributed by atoms with Crippen LogP contribution in [0.25, 0.3) is 0 Å². The molecule has 12 heteroatoms. The van der Waals surface area contributed by atoms with Crippen LogP contribution in [-0.4, -0.2) is 63.8 Å². The Hall–Kier alpha value is -2.35. The van der Waals surface area contributed by atoms with Crippen molar-refractivity contribution in [3.05, 3.63) is 42.2 Å². The Morgan fingerprint density at radius 1 is 1.20 bits per heavy atom. The number of carbonyl (C=O) groups excluding carboxylic acids is 3. The van der Waals surface area contributed by atoms with Gasteiger partial charge in [-0.05, 0) is 75.3 Å². The second kappa shape index (κ2) is 10.3. The third kappa shape index (κ3) is 6.46. The molecule has 0 radical (unpaired) electrons. The maximum Gasteiger partial charge on any atom is 0.410 e. The lowest BCUT2D eigenvalue weighted by Crippen LogP contribution is -2.58. The highest BCUT2D eigenvalue weighted by Crippen LogP contribution is 2.36. The molecule has 2 aliphatic rings. The first-order chi connectivity index (χ1) is 16.2. The predicted octanol–water partition coefficient (Wildman–Crippen LogP) is 2.62.